The van der Waals surface area contributed by atoms with Gasteiger partial charge >= 0.3 is 14.4 Å². The first-order valence-corrected chi connectivity index (χ1v) is 20.2. The lowest BCUT2D eigenvalue weighted by atomic mass is 9.90. The third kappa shape index (κ3) is 7.46. The number of hydrogen-bond acceptors (Lipinski definition) is 9. The van der Waals surface area contributed by atoms with Crippen molar-refractivity contribution in [1.29, 1.82) is 0 Å². The number of carbonyl (C=O) groups is 1. The topological polar surface area (TPSA) is 94.6 Å². The molecule has 0 saturated heterocycles. The van der Waals surface area contributed by atoms with Gasteiger partial charge in [-0.05, 0) is 113 Å². The summed E-state index contributed by atoms with van der Waals surface area (Å²) in [6.45, 7) is 18.4. The maximum Gasteiger partial charge on any atom is 0.521 e. The minimum absolute atomic E-state index is 0.0520. The number of anilines is 1. The number of amides is 1. The Morgan fingerprint density at radius 1 is 1.06 bits per heavy atom. The molecule has 12 heteroatoms. The fraction of sp³-hybridized carbons (Fsp3) is 0.378. The van der Waals surface area contributed by atoms with Gasteiger partial charge in [0.15, 0.2) is 0 Å². The number of hydrogen-bond donors (Lipinski definition) is 1. The summed E-state index contributed by atoms with van der Waals surface area (Å²) in [5.74, 6) is 5.97. The van der Waals surface area contributed by atoms with Crippen LogP contribution in [0.15, 0.2) is 45.2 Å². The van der Waals surface area contributed by atoms with Crippen LogP contribution in [0.2, 0.25) is 0 Å². The molecule has 1 N–H and O–H groups in total. The first-order valence-electron chi connectivity index (χ1n) is 16.7. The van der Waals surface area contributed by atoms with Crippen molar-refractivity contribution >= 4 is 60.1 Å². The van der Waals surface area contributed by atoms with Crippen LogP contribution in [-0.2, 0) is 30.9 Å². The van der Waals surface area contributed by atoms with E-state index in [0.29, 0.717) is 25.4 Å². The lowest BCUT2D eigenvalue weighted by Crippen LogP contribution is -2.55. The summed E-state index contributed by atoms with van der Waals surface area (Å²) in [5, 5.41) is 3.76. The van der Waals surface area contributed by atoms with E-state index < -0.39 is 14.7 Å². The van der Waals surface area contributed by atoms with Crippen molar-refractivity contribution < 1.29 is 22.5 Å². The van der Waals surface area contributed by atoms with Crippen molar-refractivity contribution in [2.24, 2.45) is 0 Å². The first kappa shape index (κ1) is 34.8. The summed E-state index contributed by atoms with van der Waals surface area (Å²) >= 11 is 2.87. The number of aryl methyl sites for hydroxylation is 3. The van der Waals surface area contributed by atoms with Gasteiger partial charge in [0.2, 0.25) is 5.91 Å². The molecule has 49 heavy (non-hydrogen) atoms. The van der Waals surface area contributed by atoms with Crippen LogP contribution >= 0.6 is 22.7 Å². The van der Waals surface area contributed by atoms with E-state index in [2.05, 4.69) is 33.0 Å². The van der Waals surface area contributed by atoms with Crippen molar-refractivity contribution in [3.05, 3.63) is 89.2 Å². The lowest BCUT2D eigenvalue weighted by molar-refractivity contribution is -0.117. The summed E-state index contributed by atoms with van der Waals surface area (Å²) in [6.07, 6.45) is 5.82. The van der Waals surface area contributed by atoms with Crippen LogP contribution in [0.4, 0.5) is 5.69 Å². The van der Waals surface area contributed by atoms with Gasteiger partial charge in [0.1, 0.15) is 5.58 Å². The zero-order chi connectivity index (χ0) is 34.5. The van der Waals surface area contributed by atoms with Crippen molar-refractivity contribution in [2.75, 3.05) is 44.0 Å². The molecule has 1 amide bonds. The van der Waals surface area contributed by atoms with E-state index in [1.54, 1.807) is 6.08 Å². The fourth-order valence-corrected chi connectivity index (χ4v) is 10.6. The average molecular weight is 714 g/mol. The van der Waals surface area contributed by atoms with Gasteiger partial charge in [-0.15, -0.1) is 22.7 Å². The van der Waals surface area contributed by atoms with Crippen molar-refractivity contribution in [3.8, 4) is 22.3 Å². The van der Waals surface area contributed by atoms with Crippen molar-refractivity contribution in [2.45, 2.75) is 53.4 Å². The van der Waals surface area contributed by atoms with Gasteiger partial charge in [-0.1, -0.05) is 0 Å². The molecule has 0 unspecified atom stereocenters. The van der Waals surface area contributed by atoms with Crippen LogP contribution in [0.1, 0.15) is 64.9 Å². The molecule has 0 saturated carbocycles. The Bertz CT molecular complexity index is 2060. The normalized spacial score (nSPS) is 14.3. The van der Waals surface area contributed by atoms with E-state index in [9.17, 15) is 9.59 Å². The van der Waals surface area contributed by atoms with Crippen molar-refractivity contribution in [3.63, 3.8) is 0 Å². The molecule has 0 bridgehead atoms. The highest BCUT2D eigenvalue weighted by Gasteiger charge is 2.41. The zero-order valence-corrected chi connectivity index (χ0v) is 30.8. The van der Waals surface area contributed by atoms with Crippen LogP contribution in [0.5, 0.6) is 0 Å². The predicted molar refractivity (Wildman–Crippen MR) is 198 cm³/mol. The van der Waals surface area contributed by atoms with Crippen LogP contribution < -0.4 is 15.8 Å². The summed E-state index contributed by atoms with van der Waals surface area (Å²) < 4.78 is 23.4. The van der Waals surface area contributed by atoms with E-state index in [1.165, 1.54) is 39.5 Å². The molecule has 5 heterocycles. The van der Waals surface area contributed by atoms with Gasteiger partial charge in [0, 0.05) is 59.3 Å². The average Bonchev–Trinajstić information content (AvgIpc) is 3.71. The highest BCUT2D eigenvalue weighted by molar-refractivity contribution is 7.16. The highest BCUT2D eigenvalue weighted by atomic mass is 32.1. The van der Waals surface area contributed by atoms with Crippen LogP contribution in [-0.4, -0.2) is 53.8 Å². The van der Waals surface area contributed by atoms with Gasteiger partial charge in [0.05, 0.1) is 28.1 Å². The maximum absolute atomic E-state index is 13.3. The smallest absolute Gasteiger partial charge is 0.422 e. The molecule has 254 valence electrons. The Hall–Kier alpha value is -4.01. The first-order chi connectivity index (χ1) is 23.8. The van der Waals surface area contributed by atoms with Crippen LogP contribution in [0, 0.1) is 25.3 Å². The van der Waals surface area contributed by atoms with E-state index in [0.717, 1.165) is 74.8 Å². The number of benzene rings is 1. The van der Waals surface area contributed by atoms with E-state index in [-0.39, 0.29) is 17.5 Å². The fourth-order valence-electron chi connectivity index (χ4n) is 6.47. The number of fused-ring (bicyclic) bond motifs is 2. The molecule has 4 aromatic rings. The highest BCUT2D eigenvalue weighted by Crippen LogP contribution is 2.41. The van der Waals surface area contributed by atoms with Gasteiger partial charge in [0.25, 0.3) is 5.70 Å². The third-order valence-electron chi connectivity index (χ3n) is 8.52. The Balaban J connectivity index is 1.19. The van der Waals surface area contributed by atoms with Gasteiger partial charge in [-0.25, -0.2) is 9.64 Å². The Morgan fingerprint density at radius 2 is 1.80 bits per heavy atom. The molecular formula is C37H39N3O6S2Si. The maximum atomic E-state index is 13.3. The molecule has 1 aromatic carbocycles. The van der Waals surface area contributed by atoms with E-state index >= 15 is 0 Å². The molecule has 9 nitrogen and oxygen atoms in total. The Kier molecular flexibility index (Phi) is 10.8. The zero-order valence-electron chi connectivity index (χ0n) is 28.2. The minimum atomic E-state index is -3.10. The second-order valence-electron chi connectivity index (χ2n) is 11.8. The largest absolute Gasteiger partial charge is 0.521 e. The number of nitrogens with zero attached hydrogens (tertiary/aromatic N) is 2. The van der Waals surface area contributed by atoms with Crippen LogP contribution in [0.25, 0.3) is 32.3 Å². The number of rotatable bonds is 11. The summed E-state index contributed by atoms with van der Waals surface area (Å²) in [4.78, 5) is 35.4. The van der Waals surface area contributed by atoms with E-state index in [4.69, 9.17) is 24.3 Å². The summed E-state index contributed by atoms with van der Waals surface area (Å²) in [5.41, 5.74) is 5.71. The van der Waals surface area contributed by atoms with Crippen LogP contribution in [0.3, 0.4) is 0 Å². The lowest BCUT2D eigenvalue weighted by Gasteiger charge is -2.37. The molecule has 3 aromatic heterocycles. The number of nitrogens with one attached hydrogen (secondary N) is 1. The van der Waals surface area contributed by atoms with Gasteiger partial charge < -0.3 is 27.9 Å². The van der Waals surface area contributed by atoms with Gasteiger partial charge in [-0.3, -0.25) is 4.79 Å². The Labute approximate surface area is 295 Å². The molecule has 2 aliphatic heterocycles. The monoisotopic (exact) mass is 713 g/mol. The molecule has 0 radical (unpaired) electrons. The molecule has 6 rings (SSSR count). The molecular weight excluding hydrogens is 675 g/mol. The standard InChI is InChI=1S/C37H39N3O6S2Si/c1-6-43-49(44-7-2,45-8-3)23-39-36(41)31(38-5)22-28-14-13-27(47-28)15-16-32-24(4)19-33(48-32)30-21-26-20-25-11-9-17-40-18-10-12-29(34(25)40)35(26)46-37(30)42/h13-14,19-22H,6-12,17-18,23H2,1-4H3,(H,39,41)/b31-22-. The molecule has 2 aliphatic rings. The second kappa shape index (κ2) is 15.3. The molecule has 0 spiro atoms. The van der Waals surface area contributed by atoms with E-state index in [1.807, 2.05) is 52.0 Å². The minimum Gasteiger partial charge on any atom is -0.422 e. The second-order valence-corrected chi connectivity index (χ2v) is 16.6. The quantitative estimate of drug-likeness (QED) is 0.0591. The third-order valence-corrected chi connectivity index (χ3v) is 13.4. The number of thiophene rings is 2. The summed E-state index contributed by atoms with van der Waals surface area (Å²) in [6, 6.07) is 9.91. The van der Waals surface area contributed by atoms with Crippen molar-refractivity contribution in [1.82, 2.24) is 5.32 Å². The van der Waals surface area contributed by atoms with Gasteiger partial charge in [-0.2, -0.15) is 0 Å². The molecule has 0 aliphatic carbocycles. The molecule has 0 atom stereocenters. The SMILES string of the molecule is [C-]#[N+]/C(=C\c1ccc(C#Cc2sc(-c3cc4cc5c6c(c4oc3=O)CCCN6CCC5)cc2C)s1)C(=O)NC[Si](OCC)(OCC)OCC. The number of carbonyl (C=O) groups excluding carboxylic acids is 1. The Morgan fingerprint density at radius 3 is 2.51 bits per heavy atom. The molecule has 0 fully saturated rings. The summed E-state index contributed by atoms with van der Waals surface area (Å²) in [7, 11) is -3.10. The predicted octanol–water partition coefficient (Wildman–Crippen LogP) is 6.95.